The third-order valence-corrected chi connectivity index (χ3v) is 3.07. The monoisotopic (exact) mass is 281 g/mol. The molecule has 0 aliphatic carbocycles. The maximum atomic E-state index is 12.1. The van der Waals surface area contributed by atoms with Gasteiger partial charge in [0, 0.05) is 19.7 Å². The molecule has 0 aliphatic rings. The first-order valence-electron chi connectivity index (χ1n) is 6.46. The number of hydrogen-bond acceptors (Lipinski definition) is 4. The fraction of sp³-hybridized carbons (Fsp3) is 0.538. The summed E-state index contributed by atoms with van der Waals surface area (Å²) in [7, 11) is 1.39. The average molecular weight is 281 g/mol. The van der Waals surface area contributed by atoms with Gasteiger partial charge in [-0.3, -0.25) is 9.59 Å². The van der Waals surface area contributed by atoms with Gasteiger partial charge in [-0.2, -0.15) is 5.10 Å². The number of carboxylic acids is 1. The van der Waals surface area contributed by atoms with E-state index in [1.54, 1.807) is 0 Å². The lowest BCUT2D eigenvalue weighted by molar-refractivity contribution is -0.141. The van der Waals surface area contributed by atoms with Crippen LogP contribution in [0, 0.1) is 0 Å². The molecule has 0 radical (unpaired) electrons. The van der Waals surface area contributed by atoms with E-state index in [0.717, 1.165) is 17.7 Å². The van der Waals surface area contributed by atoms with Gasteiger partial charge in [0.2, 0.25) is 0 Å². The molecule has 0 spiro atoms. The molecule has 0 saturated carbocycles. The Morgan fingerprint density at radius 2 is 2.10 bits per heavy atom. The number of carbonyl (C=O) groups is 2. The number of unbranched alkanes of at least 4 members (excludes halogenated alkanes) is 1. The second-order valence-electron chi connectivity index (χ2n) is 4.56. The van der Waals surface area contributed by atoms with Gasteiger partial charge in [0.25, 0.3) is 11.5 Å². The largest absolute Gasteiger partial charge is 0.480 e. The predicted octanol–water partition coefficient (Wildman–Crippen LogP) is 0.589. The van der Waals surface area contributed by atoms with Crippen LogP contribution in [0.15, 0.2) is 16.9 Å². The molecule has 1 heterocycles. The fourth-order valence-corrected chi connectivity index (χ4v) is 1.55. The summed E-state index contributed by atoms with van der Waals surface area (Å²) in [5, 5.41) is 12.9. The third-order valence-electron chi connectivity index (χ3n) is 3.07. The van der Waals surface area contributed by atoms with Crippen molar-refractivity contribution in [2.45, 2.75) is 39.3 Å². The number of hydrogen-bond donors (Lipinski definition) is 1. The van der Waals surface area contributed by atoms with Crippen LogP contribution in [-0.4, -0.2) is 44.8 Å². The molecule has 1 amide bonds. The van der Waals surface area contributed by atoms with Crippen LogP contribution in [0.25, 0.3) is 0 Å². The third kappa shape index (κ3) is 3.66. The number of carbonyl (C=O) groups excluding carboxylic acids is 1. The van der Waals surface area contributed by atoms with E-state index in [9.17, 15) is 14.4 Å². The maximum Gasteiger partial charge on any atom is 0.326 e. The average Bonchev–Trinajstić information content (AvgIpc) is 2.43. The number of rotatable bonds is 6. The Labute approximate surface area is 116 Å². The minimum absolute atomic E-state index is 0.0660. The van der Waals surface area contributed by atoms with Crippen molar-refractivity contribution in [1.82, 2.24) is 14.7 Å². The Bertz CT molecular complexity index is 553. The van der Waals surface area contributed by atoms with Crippen LogP contribution in [0.3, 0.4) is 0 Å². The first-order chi connectivity index (χ1) is 9.38. The van der Waals surface area contributed by atoms with Gasteiger partial charge in [-0.05, 0) is 19.4 Å². The molecular formula is C13H19N3O4. The smallest absolute Gasteiger partial charge is 0.326 e. The molecule has 20 heavy (non-hydrogen) atoms. The van der Waals surface area contributed by atoms with Crippen molar-refractivity contribution < 1.29 is 14.7 Å². The van der Waals surface area contributed by atoms with E-state index in [1.807, 2.05) is 6.92 Å². The van der Waals surface area contributed by atoms with E-state index in [1.165, 1.54) is 30.8 Å². The SMILES string of the molecule is CCCCn1nc(C(=O)N(C)C(C)C(=O)O)ccc1=O. The molecule has 1 atom stereocenters. The Kier molecular flexibility index (Phi) is 5.42. The molecule has 1 unspecified atom stereocenters. The molecule has 1 rings (SSSR count). The van der Waals surface area contributed by atoms with Crippen LogP contribution in [0.1, 0.15) is 37.2 Å². The van der Waals surface area contributed by atoms with Crippen LogP contribution < -0.4 is 5.56 Å². The summed E-state index contributed by atoms with van der Waals surface area (Å²) < 4.78 is 1.23. The van der Waals surface area contributed by atoms with Crippen LogP contribution >= 0.6 is 0 Å². The van der Waals surface area contributed by atoms with Crippen LogP contribution in [0.5, 0.6) is 0 Å². The number of aromatic nitrogens is 2. The number of nitrogens with zero attached hydrogens (tertiary/aromatic N) is 3. The Morgan fingerprint density at radius 3 is 2.65 bits per heavy atom. The van der Waals surface area contributed by atoms with Crippen molar-refractivity contribution in [2.24, 2.45) is 0 Å². The van der Waals surface area contributed by atoms with E-state index in [0.29, 0.717) is 6.54 Å². The molecule has 0 aromatic carbocycles. The number of carboxylic acid groups (broad SMARTS) is 1. The van der Waals surface area contributed by atoms with E-state index in [2.05, 4.69) is 5.10 Å². The molecule has 0 bridgehead atoms. The normalized spacial score (nSPS) is 11.9. The molecule has 7 heteroatoms. The molecule has 1 aromatic heterocycles. The highest BCUT2D eigenvalue weighted by atomic mass is 16.4. The van der Waals surface area contributed by atoms with Crippen molar-refractivity contribution in [3.05, 3.63) is 28.2 Å². The van der Waals surface area contributed by atoms with Gasteiger partial charge in [0.1, 0.15) is 11.7 Å². The number of aliphatic carboxylic acids is 1. The van der Waals surface area contributed by atoms with Gasteiger partial charge in [-0.25, -0.2) is 9.48 Å². The second kappa shape index (κ2) is 6.83. The predicted molar refractivity (Wildman–Crippen MR) is 72.6 cm³/mol. The van der Waals surface area contributed by atoms with E-state index in [-0.39, 0.29) is 11.3 Å². The van der Waals surface area contributed by atoms with E-state index < -0.39 is 17.9 Å². The lowest BCUT2D eigenvalue weighted by Crippen LogP contribution is -2.41. The zero-order valence-corrected chi connectivity index (χ0v) is 11.9. The van der Waals surface area contributed by atoms with Gasteiger partial charge >= 0.3 is 5.97 Å². The Hall–Kier alpha value is -2.18. The molecule has 1 aromatic rings. The number of amides is 1. The van der Waals surface area contributed by atoms with Gasteiger partial charge in [-0.1, -0.05) is 13.3 Å². The lowest BCUT2D eigenvalue weighted by Gasteiger charge is -2.21. The highest BCUT2D eigenvalue weighted by Gasteiger charge is 2.24. The molecule has 1 N–H and O–H groups in total. The van der Waals surface area contributed by atoms with Gasteiger partial charge in [0.15, 0.2) is 0 Å². The fourth-order valence-electron chi connectivity index (χ4n) is 1.55. The van der Waals surface area contributed by atoms with Crippen LogP contribution in [-0.2, 0) is 11.3 Å². The van der Waals surface area contributed by atoms with Crippen molar-refractivity contribution in [2.75, 3.05) is 7.05 Å². The summed E-state index contributed by atoms with van der Waals surface area (Å²) in [6.45, 7) is 3.84. The quantitative estimate of drug-likeness (QED) is 0.823. The molecule has 110 valence electrons. The highest BCUT2D eigenvalue weighted by Crippen LogP contribution is 2.03. The standard InChI is InChI=1S/C13H19N3O4/c1-4-5-8-16-11(17)7-6-10(14-16)12(18)15(3)9(2)13(19)20/h6-7,9H,4-5,8H2,1-3H3,(H,19,20). The van der Waals surface area contributed by atoms with Crippen LogP contribution in [0.2, 0.25) is 0 Å². The molecule has 7 nitrogen and oxygen atoms in total. The zero-order valence-electron chi connectivity index (χ0n) is 11.9. The van der Waals surface area contributed by atoms with Crippen LogP contribution in [0.4, 0.5) is 0 Å². The summed E-state index contributed by atoms with van der Waals surface area (Å²) in [6.07, 6.45) is 1.69. The Morgan fingerprint density at radius 1 is 1.45 bits per heavy atom. The topological polar surface area (TPSA) is 92.5 Å². The first kappa shape index (κ1) is 15.9. The first-order valence-corrected chi connectivity index (χ1v) is 6.46. The van der Waals surface area contributed by atoms with E-state index >= 15 is 0 Å². The van der Waals surface area contributed by atoms with E-state index in [4.69, 9.17) is 5.11 Å². The van der Waals surface area contributed by atoms with Gasteiger partial charge in [-0.15, -0.1) is 0 Å². The van der Waals surface area contributed by atoms with Crippen molar-refractivity contribution in [3.8, 4) is 0 Å². The van der Waals surface area contributed by atoms with Crippen molar-refractivity contribution in [1.29, 1.82) is 0 Å². The highest BCUT2D eigenvalue weighted by molar-refractivity contribution is 5.94. The van der Waals surface area contributed by atoms with Crippen molar-refractivity contribution >= 4 is 11.9 Å². The molecule has 0 saturated heterocycles. The second-order valence-corrected chi connectivity index (χ2v) is 4.56. The Balaban J connectivity index is 2.99. The molecular weight excluding hydrogens is 262 g/mol. The molecule has 0 aliphatic heterocycles. The maximum absolute atomic E-state index is 12.1. The number of likely N-dealkylation sites (N-methyl/N-ethyl adjacent to an activating group) is 1. The zero-order chi connectivity index (χ0) is 15.3. The van der Waals surface area contributed by atoms with Gasteiger partial charge < -0.3 is 10.0 Å². The lowest BCUT2D eigenvalue weighted by atomic mass is 10.2. The minimum atomic E-state index is -1.10. The summed E-state index contributed by atoms with van der Waals surface area (Å²) in [5.41, 5.74) is -0.208. The summed E-state index contributed by atoms with van der Waals surface area (Å²) in [5.74, 6) is -1.62. The summed E-state index contributed by atoms with van der Waals surface area (Å²) in [6, 6.07) is 1.63. The minimum Gasteiger partial charge on any atom is -0.480 e. The summed E-state index contributed by atoms with van der Waals surface area (Å²) in [4.78, 5) is 35.7. The number of aryl methyl sites for hydroxylation is 1. The molecule has 0 fully saturated rings. The van der Waals surface area contributed by atoms with Crippen molar-refractivity contribution in [3.63, 3.8) is 0 Å². The van der Waals surface area contributed by atoms with Gasteiger partial charge in [0.05, 0.1) is 0 Å². The summed E-state index contributed by atoms with van der Waals surface area (Å²) >= 11 is 0.